The highest BCUT2D eigenvalue weighted by Gasteiger charge is 2.18. The molecule has 3 N–H and O–H groups in total. The number of nitrogens with two attached hydrogens (primary N) is 1. The van der Waals surface area contributed by atoms with Crippen molar-refractivity contribution in [2.45, 2.75) is 0 Å². The normalized spacial score (nSPS) is 10.5. The predicted octanol–water partition coefficient (Wildman–Crippen LogP) is 2.37. The van der Waals surface area contributed by atoms with E-state index in [1.807, 2.05) is 0 Å². The van der Waals surface area contributed by atoms with Crippen molar-refractivity contribution in [1.29, 1.82) is 0 Å². The highest BCUT2D eigenvalue weighted by atomic mass is 32.1. The topological polar surface area (TPSA) is 76.2 Å². The van der Waals surface area contributed by atoms with Gasteiger partial charge in [0.05, 0.1) is 11.3 Å². The molecule has 0 unspecified atom stereocenters. The largest absolute Gasteiger partial charge is 0.476 e. The SMILES string of the molecule is Nc1ccc(F)c(-c2nc(C(=O)O)cs2)c1F. The number of aromatic nitrogens is 1. The molecule has 1 heterocycles. The van der Waals surface area contributed by atoms with Crippen LogP contribution < -0.4 is 5.73 Å². The molecule has 2 rings (SSSR count). The summed E-state index contributed by atoms with van der Waals surface area (Å²) >= 11 is 0.841. The molecule has 0 atom stereocenters. The Morgan fingerprint density at radius 3 is 2.71 bits per heavy atom. The number of aromatic carboxylic acids is 1. The molecule has 0 fully saturated rings. The number of carboxylic acids is 1. The molecule has 0 saturated heterocycles. The second-order valence-corrected chi connectivity index (χ2v) is 4.03. The minimum atomic E-state index is -1.25. The summed E-state index contributed by atoms with van der Waals surface area (Å²) in [6.07, 6.45) is 0. The summed E-state index contributed by atoms with van der Waals surface area (Å²) in [5, 5.41) is 9.83. The number of benzene rings is 1. The molecular formula is C10H6F2N2O2S. The van der Waals surface area contributed by atoms with Crippen LogP contribution in [0.2, 0.25) is 0 Å². The monoisotopic (exact) mass is 256 g/mol. The first-order valence-corrected chi connectivity index (χ1v) is 5.31. The van der Waals surface area contributed by atoms with E-state index in [4.69, 9.17) is 10.8 Å². The van der Waals surface area contributed by atoms with Crippen LogP contribution >= 0.6 is 11.3 Å². The molecule has 0 saturated carbocycles. The highest BCUT2D eigenvalue weighted by molar-refractivity contribution is 7.13. The molecule has 0 aliphatic rings. The lowest BCUT2D eigenvalue weighted by atomic mass is 10.2. The van der Waals surface area contributed by atoms with Crippen LogP contribution in [0, 0.1) is 11.6 Å². The molecule has 0 radical (unpaired) electrons. The number of nitrogens with zero attached hydrogens (tertiary/aromatic N) is 1. The zero-order valence-electron chi connectivity index (χ0n) is 8.28. The van der Waals surface area contributed by atoms with Gasteiger partial charge in [-0.2, -0.15) is 0 Å². The van der Waals surface area contributed by atoms with Gasteiger partial charge < -0.3 is 10.8 Å². The highest BCUT2D eigenvalue weighted by Crippen LogP contribution is 2.31. The maximum absolute atomic E-state index is 13.6. The summed E-state index contributed by atoms with van der Waals surface area (Å²) in [4.78, 5) is 14.2. The Morgan fingerprint density at radius 2 is 2.12 bits per heavy atom. The number of thiazole rings is 1. The number of carbonyl (C=O) groups is 1. The van der Waals surface area contributed by atoms with Crippen LogP contribution in [0.25, 0.3) is 10.6 Å². The van der Waals surface area contributed by atoms with E-state index in [9.17, 15) is 13.6 Å². The van der Waals surface area contributed by atoms with Gasteiger partial charge in [0.25, 0.3) is 0 Å². The van der Waals surface area contributed by atoms with Gasteiger partial charge in [-0.1, -0.05) is 0 Å². The predicted molar refractivity (Wildman–Crippen MR) is 58.8 cm³/mol. The Labute approximate surface area is 98.3 Å². The van der Waals surface area contributed by atoms with Crippen LogP contribution in [-0.2, 0) is 0 Å². The maximum Gasteiger partial charge on any atom is 0.355 e. The van der Waals surface area contributed by atoms with Gasteiger partial charge in [0, 0.05) is 5.38 Å². The van der Waals surface area contributed by atoms with E-state index in [2.05, 4.69) is 4.98 Å². The number of hydrogen-bond donors (Lipinski definition) is 2. The Hall–Kier alpha value is -2.02. The minimum absolute atomic E-state index is 0.0512. The molecule has 0 aliphatic heterocycles. The van der Waals surface area contributed by atoms with E-state index >= 15 is 0 Å². The van der Waals surface area contributed by atoms with E-state index < -0.39 is 23.2 Å². The molecule has 2 aromatic rings. The van der Waals surface area contributed by atoms with E-state index in [-0.39, 0.29) is 16.4 Å². The van der Waals surface area contributed by atoms with Crippen LogP contribution in [0.5, 0.6) is 0 Å². The molecular weight excluding hydrogens is 250 g/mol. The molecule has 1 aromatic heterocycles. The lowest BCUT2D eigenvalue weighted by Gasteiger charge is -2.03. The standard InChI is InChI=1S/C10H6F2N2O2S/c11-4-1-2-5(13)8(12)7(4)9-14-6(3-17-9)10(15)16/h1-3H,13H2,(H,15,16). The van der Waals surface area contributed by atoms with Gasteiger partial charge in [-0.3, -0.25) is 0 Å². The summed E-state index contributed by atoms with van der Waals surface area (Å²) in [5.41, 5.74) is 4.44. The first-order chi connectivity index (χ1) is 8.00. The Kier molecular flexibility index (Phi) is 2.76. The van der Waals surface area contributed by atoms with Crippen molar-refractivity contribution < 1.29 is 18.7 Å². The number of hydrogen-bond acceptors (Lipinski definition) is 4. The smallest absolute Gasteiger partial charge is 0.355 e. The van der Waals surface area contributed by atoms with Gasteiger partial charge in [0.1, 0.15) is 10.8 Å². The van der Waals surface area contributed by atoms with Gasteiger partial charge in [0.15, 0.2) is 11.5 Å². The summed E-state index contributed by atoms with van der Waals surface area (Å²) in [5.74, 6) is -3.02. The summed E-state index contributed by atoms with van der Waals surface area (Å²) in [7, 11) is 0. The number of halogens is 2. The van der Waals surface area contributed by atoms with Gasteiger partial charge in [-0.05, 0) is 12.1 Å². The van der Waals surface area contributed by atoms with Crippen LogP contribution in [0.1, 0.15) is 10.5 Å². The van der Waals surface area contributed by atoms with Crippen molar-refractivity contribution in [1.82, 2.24) is 4.98 Å². The summed E-state index contributed by atoms with van der Waals surface area (Å²) in [6.45, 7) is 0. The van der Waals surface area contributed by atoms with Gasteiger partial charge in [-0.25, -0.2) is 18.6 Å². The fraction of sp³-hybridized carbons (Fsp3) is 0. The third kappa shape index (κ3) is 1.96. The van der Waals surface area contributed by atoms with Crippen LogP contribution in [-0.4, -0.2) is 16.1 Å². The van der Waals surface area contributed by atoms with E-state index in [1.165, 1.54) is 5.38 Å². The van der Waals surface area contributed by atoms with E-state index in [0.717, 1.165) is 23.5 Å². The third-order valence-corrected chi connectivity index (χ3v) is 2.92. The first kappa shape index (κ1) is 11.5. The molecule has 0 bridgehead atoms. The van der Waals surface area contributed by atoms with Crippen LogP contribution in [0.15, 0.2) is 17.5 Å². The second-order valence-electron chi connectivity index (χ2n) is 3.17. The molecule has 7 heteroatoms. The third-order valence-electron chi connectivity index (χ3n) is 2.06. The molecule has 0 amide bonds. The summed E-state index contributed by atoms with van der Waals surface area (Å²) < 4.78 is 27.1. The van der Waals surface area contributed by atoms with Crippen LogP contribution in [0.3, 0.4) is 0 Å². The van der Waals surface area contributed by atoms with E-state index in [0.29, 0.717) is 0 Å². The zero-order valence-corrected chi connectivity index (χ0v) is 9.09. The average molecular weight is 256 g/mol. The second kappa shape index (κ2) is 4.10. The fourth-order valence-electron chi connectivity index (χ4n) is 1.25. The van der Waals surface area contributed by atoms with E-state index in [1.54, 1.807) is 0 Å². The molecule has 4 nitrogen and oxygen atoms in total. The Morgan fingerprint density at radius 1 is 1.41 bits per heavy atom. The fourth-order valence-corrected chi connectivity index (χ4v) is 2.08. The number of anilines is 1. The van der Waals surface area contributed by atoms with Crippen molar-refractivity contribution in [3.8, 4) is 10.6 Å². The minimum Gasteiger partial charge on any atom is -0.476 e. The molecule has 0 aliphatic carbocycles. The summed E-state index contributed by atoms with van der Waals surface area (Å²) in [6, 6.07) is 2.11. The molecule has 88 valence electrons. The molecule has 17 heavy (non-hydrogen) atoms. The number of carboxylic acid groups (broad SMARTS) is 1. The van der Waals surface area contributed by atoms with Crippen molar-refractivity contribution in [3.63, 3.8) is 0 Å². The van der Waals surface area contributed by atoms with Gasteiger partial charge >= 0.3 is 5.97 Å². The zero-order chi connectivity index (χ0) is 12.6. The van der Waals surface area contributed by atoms with Crippen LogP contribution in [0.4, 0.5) is 14.5 Å². The Balaban J connectivity index is 2.60. The van der Waals surface area contributed by atoms with Crippen molar-refractivity contribution >= 4 is 23.0 Å². The Bertz CT molecular complexity index is 598. The molecule has 0 spiro atoms. The van der Waals surface area contributed by atoms with Crippen molar-refractivity contribution in [2.75, 3.05) is 5.73 Å². The number of rotatable bonds is 2. The lowest BCUT2D eigenvalue weighted by Crippen LogP contribution is -1.98. The number of nitrogen functional groups attached to an aromatic ring is 1. The van der Waals surface area contributed by atoms with Crippen molar-refractivity contribution in [3.05, 3.63) is 34.8 Å². The molecule has 1 aromatic carbocycles. The lowest BCUT2D eigenvalue weighted by molar-refractivity contribution is 0.0691. The van der Waals surface area contributed by atoms with Crippen molar-refractivity contribution in [2.24, 2.45) is 0 Å². The van der Waals surface area contributed by atoms with Gasteiger partial charge in [0.2, 0.25) is 0 Å². The maximum atomic E-state index is 13.6. The first-order valence-electron chi connectivity index (χ1n) is 4.43. The quantitative estimate of drug-likeness (QED) is 0.809. The van der Waals surface area contributed by atoms with Gasteiger partial charge in [-0.15, -0.1) is 11.3 Å². The average Bonchev–Trinajstić information content (AvgIpc) is 2.73.